The molecule has 0 saturated heterocycles. The average Bonchev–Trinajstić information content (AvgIpc) is 2.17. The van der Waals surface area contributed by atoms with Crippen molar-refractivity contribution in [2.75, 3.05) is 7.11 Å². The zero-order chi connectivity index (χ0) is 8.97. The summed E-state index contributed by atoms with van der Waals surface area (Å²) in [6.07, 6.45) is 6.36. The first kappa shape index (κ1) is 9.26. The molecule has 0 heterocycles. The number of hydrogen-bond donors (Lipinski definition) is 0. The topological polar surface area (TPSA) is 26.3 Å². The number of esters is 1. The summed E-state index contributed by atoms with van der Waals surface area (Å²) in [4.78, 5) is 12.8. The third-order valence-electron chi connectivity index (χ3n) is 1.55. The van der Waals surface area contributed by atoms with E-state index < -0.39 is 0 Å². The van der Waals surface area contributed by atoms with Crippen LogP contribution in [0.4, 0.5) is 0 Å². The van der Waals surface area contributed by atoms with Crippen LogP contribution in [0, 0.1) is 0 Å². The molecule has 0 saturated carbocycles. The zero-order valence-electron chi connectivity index (χ0n) is 6.71. The molecule has 0 bridgehead atoms. The molecule has 0 spiro atoms. The number of carbonyl (C=O) groups excluding carboxylic acids is 1. The fourth-order valence-corrected chi connectivity index (χ4v) is 1.27. The number of rotatable bonds is 1. The van der Waals surface area contributed by atoms with Gasteiger partial charge >= 0.3 is 5.97 Å². The summed E-state index contributed by atoms with van der Waals surface area (Å²) in [5, 5.41) is 0. The quantitative estimate of drug-likeness (QED) is 0.645. The van der Waals surface area contributed by atoms with Crippen LogP contribution < -0.4 is 0 Å². The lowest BCUT2D eigenvalue weighted by Crippen LogP contribution is -2.04. The minimum atomic E-state index is -0.294. The molecule has 0 amide bonds. The summed E-state index contributed by atoms with van der Waals surface area (Å²) >= 11 is 3.22. The minimum absolute atomic E-state index is 0.294. The molecule has 0 N–H and O–H groups in total. The Bertz CT molecular complexity index is 274. The van der Waals surface area contributed by atoms with Crippen LogP contribution in [-0.4, -0.2) is 13.1 Å². The van der Waals surface area contributed by atoms with Crippen molar-refractivity contribution in [3.05, 3.63) is 34.4 Å². The lowest BCUT2D eigenvalue weighted by Gasteiger charge is -2.06. The van der Waals surface area contributed by atoms with Gasteiger partial charge in [-0.25, -0.2) is 4.79 Å². The summed E-state index contributed by atoms with van der Waals surface area (Å²) in [5.74, 6) is -0.294. The molecule has 0 radical (unpaired) electrons. The number of ether oxygens (including phenoxy) is 1. The summed E-state index contributed by atoms with van der Waals surface area (Å²) in [7, 11) is 1.38. The van der Waals surface area contributed by atoms with Crippen LogP contribution in [0.3, 0.4) is 0 Å². The van der Waals surface area contributed by atoms with Gasteiger partial charge in [-0.3, -0.25) is 0 Å². The van der Waals surface area contributed by atoms with Crippen LogP contribution in [0.2, 0.25) is 0 Å². The van der Waals surface area contributed by atoms with Gasteiger partial charge in [0.2, 0.25) is 0 Å². The molecule has 0 aromatic heterocycles. The molecule has 64 valence electrons. The van der Waals surface area contributed by atoms with E-state index in [4.69, 9.17) is 0 Å². The van der Waals surface area contributed by atoms with Crippen molar-refractivity contribution < 1.29 is 9.53 Å². The Balaban J connectivity index is 2.84. The molecule has 1 rings (SSSR count). The van der Waals surface area contributed by atoms with Crippen LogP contribution in [0.25, 0.3) is 0 Å². The second kappa shape index (κ2) is 4.26. The normalized spacial score (nSPS) is 19.2. The van der Waals surface area contributed by atoms with Gasteiger partial charge in [0, 0.05) is 0 Å². The Morgan fingerprint density at radius 2 is 2.50 bits per heavy atom. The molecule has 3 heteroatoms. The molecule has 0 atom stereocenters. The van der Waals surface area contributed by atoms with Crippen LogP contribution in [0.15, 0.2) is 34.4 Å². The standard InChI is InChI=1S/C9H9BrO2/c1-12-9(11)8-4-2-3-7(5-8)6-10/h2,4-6H,3H2,1H3. The average molecular weight is 229 g/mol. The first-order valence-corrected chi connectivity index (χ1v) is 4.45. The lowest BCUT2D eigenvalue weighted by atomic mass is 10.0. The maximum atomic E-state index is 11.0. The predicted molar refractivity (Wildman–Crippen MR) is 50.9 cm³/mol. The largest absolute Gasteiger partial charge is 0.465 e. The van der Waals surface area contributed by atoms with Gasteiger partial charge in [-0.1, -0.05) is 28.1 Å². The van der Waals surface area contributed by atoms with Gasteiger partial charge in [0.25, 0.3) is 0 Å². The van der Waals surface area contributed by atoms with E-state index >= 15 is 0 Å². The summed E-state index contributed by atoms with van der Waals surface area (Å²) < 4.78 is 4.58. The number of allylic oxidation sites excluding steroid dienone is 3. The number of hydrogen-bond acceptors (Lipinski definition) is 2. The van der Waals surface area contributed by atoms with E-state index in [0.717, 1.165) is 12.0 Å². The summed E-state index contributed by atoms with van der Waals surface area (Å²) in [6, 6.07) is 0. The van der Waals surface area contributed by atoms with Crippen molar-refractivity contribution in [1.29, 1.82) is 0 Å². The number of carbonyl (C=O) groups is 1. The molecule has 1 aliphatic rings. The summed E-state index contributed by atoms with van der Waals surface area (Å²) in [5.41, 5.74) is 1.66. The molecule has 2 nitrogen and oxygen atoms in total. The van der Waals surface area contributed by atoms with Crippen LogP contribution in [-0.2, 0) is 9.53 Å². The smallest absolute Gasteiger partial charge is 0.337 e. The first-order valence-electron chi connectivity index (χ1n) is 3.53. The van der Waals surface area contributed by atoms with Crippen molar-refractivity contribution in [2.24, 2.45) is 0 Å². The SMILES string of the molecule is COC(=O)C1=CC(=CBr)CC=C1. The van der Waals surface area contributed by atoms with Gasteiger partial charge in [-0.05, 0) is 23.1 Å². The van der Waals surface area contributed by atoms with E-state index in [2.05, 4.69) is 20.7 Å². The molecule has 12 heavy (non-hydrogen) atoms. The second-order valence-electron chi connectivity index (χ2n) is 2.38. The highest BCUT2D eigenvalue weighted by atomic mass is 79.9. The molecule has 0 aromatic rings. The van der Waals surface area contributed by atoms with Crippen molar-refractivity contribution in [3.63, 3.8) is 0 Å². The van der Waals surface area contributed by atoms with E-state index in [-0.39, 0.29) is 5.97 Å². The highest BCUT2D eigenvalue weighted by molar-refractivity contribution is 9.11. The van der Waals surface area contributed by atoms with Gasteiger partial charge in [-0.15, -0.1) is 0 Å². The monoisotopic (exact) mass is 228 g/mol. The van der Waals surface area contributed by atoms with Crippen molar-refractivity contribution in [1.82, 2.24) is 0 Å². The molecule has 0 fully saturated rings. The Labute approximate surface area is 79.7 Å². The minimum Gasteiger partial charge on any atom is -0.465 e. The summed E-state index contributed by atoms with van der Waals surface area (Å²) in [6.45, 7) is 0. The van der Waals surface area contributed by atoms with Gasteiger partial charge in [-0.2, -0.15) is 0 Å². The Morgan fingerprint density at radius 3 is 3.08 bits per heavy atom. The van der Waals surface area contributed by atoms with Gasteiger partial charge in [0.05, 0.1) is 12.7 Å². The van der Waals surface area contributed by atoms with Crippen LogP contribution in [0.5, 0.6) is 0 Å². The molecular weight excluding hydrogens is 220 g/mol. The van der Waals surface area contributed by atoms with E-state index in [1.807, 2.05) is 6.08 Å². The molecule has 0 aromatic carbocycles. The van der Waals surface area contributed by atoms with E-state index in [9.17, 15) is 4.79 Å². The van der Waals surface area contributed by atoms with Gasteiger partial charge < -0.3 is 4.74 Å². The van der Waals surface area contributed by atoms with Crippen molar-refractivity contribution in [2.45, 2.75) is 6.42 Å². The Kier molecular flexibility index (Phi) is 3.29. The molecule has 1 aliphatic carbocycles. The third-order valence-corrected chi connectivity index (χ3v) is 2.14. The van der Waals surface area contributed by atoms with E-state index in [0.29, 0.717) is 5.57 Å². The fraction of sp³-hybridized carbons (Fsp3) is 0.222. The molecule has 0 aliphatic heterocycles. The second-order valence-corrected chi connectivity index (χ2v) is 2.84. The third kappa shape index (κ3) is 2.08. The highest BCUT2D eigenvalue weighted by Crippen LogP contribution is 2.17. The molecule has 0 unspecified atom stereocenters. The maximum Gasteiger partial charge on any atom is 0.337 e. The Hall–Kier alpha value is -0.830. The maximum absolute atomic E-state index is 11.0. The zero-order valence-corrected chi connectivity index (χ0v) is 8.30. The predicted octanol–water partition coefficient (Wildman–Crippen LogP) is 2.32. The molecular formula is C9H9BrO2. The lowest BCUT2D eigenvalue weighted by molar-refractivity contribution is -0.135. The van der Waals surface area contributed by atoms with Crippen molar-refractivity contribution >= 4 is 21.9 Å². The number of methoxy groups -OCH3 is 1. The van der Waals surface area contributed by atoms with Crippen LogP contribution in [0.1, 0.15) is 6.42 Å². The number of halogens is 1. The van der Waals surface area contributed by atoms with E-state index in [1.54, 1.807) is 17.1 Å². The highest BCUT2D eigenvalue weighted by Gasteiger charge is 2.09. The van der Waals surface area contributed by atoms with Gasteiger partial charge in [0.1, 0.15) is 0 Å². The van der Waals surface area contributed by atoms with Gasteiger partial charge in [0.15, 0.2) is 0 Å². The first-order chi connectivity index (χ1) is 5.77. The van der Waals surface area contributed by atoms with Crippen molar-refractivity contribution in [3.8, 4) is 0 Å². The fourth-order valence-electron chi connectivity index (χ4n) is 0.950. The van der Waals surface area contributed by atoms with E-state index in [1.165, 1.54) is 7.11 Å². The van der Waals surface area contributed by atoms with Crippen LogP contribution >= 0.6 is 15.9 Å². The Morgan fingerprint density at radius 1 is 1.75 bits per heavy atom.